The molecule has 2 aromatic rings. The molecule has 0 spiro atoms. The minimum absolute atomic E-state index is 0.105. The number of carbonyl (C=O) groups is 3. The smallest absolute Gasteiger partial charge is 0.337 e. The maximum Gasteiger partial charge on any atom is 0.337 e. The fourth-order valence-corrected chi connectivity index (χ4v) is 1.57. The lowest BCUT2D eigenvalue weighted by Gasteiger charge is -1.96. The number of aromatic carboxylic acids is 2. The average Bonchev–Trinajstić information content (AvgIpc) is 2.61. The summed E-state index contributed by atoms with van der Waals surface area (Å²) >= 11 is 0. The van der Waals surface area contributed by atoms with E-state index in [0.29, 0.717) is 12.3 Å². The van der Waals surface area contributed by atoms with Crippen molar-refractivity contribution in [3.8, 4) is 0 Å². The minimum atomic E-state index is -1.03. The van der Waals surface area contributed by atoms with E-state index in [-0.39, 0.29) is 11.1 Å². The predicted octanol–water partition coefficient (Wildman–Crippen LogP) is 2.44. The topological polar surface area (TPSA) is 127 Å². The molecule has 0 aliphatic carbocycles. The first-order chi connectivity index (χ1) is 12.3. The van der Waals surface area contributed by atoms with Gasteiger partial charge in [0.15, 0.2) is 0 Å². The fourth-order valence-electron chi connectivity index (χ4n) is 1.57. The Balaban J connectivity index is 0.000000289. The molecule has 0 fully saturated rings. The number of ether oxygens (including phenoxy) is 1. The van der Waals surface area contributed by atoms with E-state index >= 15 is 0 Å². The number of carboxylic acid groups (broad SMARTS) is 2. The third-order valence-electron chi connectivity index (χ3n) is 2.87. The Hall–Kier alpha value is -3.55. The van der Waals surface area contributed by atoms with Gasteiger partial charge in [0.25, 0.3) is 0 Å². The monoisotopic (exact) mass is 358 g/mol. The third-order valence-corrected chi connectivity index (χ3v) is 2.87. The second-order valence-electron chi connectivity index (χ2n) is 4.86. The van der Waals surface area contributed by atoms with E-state index in [2.05, 4.69) is 14.7 Å². The lowest BCUT2D eigenvalue weighted by molar-refractivity contribution is -0.137. The van der Waals surface area contributed by atoms with Crippen LogP contribution in [0, 0.1) is 6.92 Å². The first-order valence-corrected chi connectivity index (χ1v) is 7.53. The van der Waals surface area contributed by atoms with Gasteiger partial charge in [0.05, 0.1) is 23.4 Å². The van der Waals surface area contributed by atoms with E-state index in [0.717, 1.165) is 5.69 Å². The van der Waals surface area contributed by atoms with Gasteiger partial charge in [0, 0.05) is 24.2 Å². The quantitative estimate of drug-likeness (QED) is 0.616. The SMILES string of the molecule is CCOC(=O)/C=C/c1ccc(C(=O)O)cn1.Cc1ccc(C(=O)O)cn1. The molecule has 8 nitrogen and oxygen atoms in total. The van der Waals surface area contributed by atoms with E-state index in [9.17, 15) is 14.4 Å². The van der Waals surface area contributed by atoms with Gasteiger partial charge in [-0.2, -0.15) is 0 Å². The summed E-state index contributed by atoms with van der Waals surface area (Å²) in [7, 11) is 0. The number of hydrogen-bond acceptors (Lipinski definition) is 6. The van der Waals surface area contributed by atoms with Gasteiger partial charge in [-0.3, -0.25) is 9.97 Å². The second-order valence-corrected chi connectivity index (χ2v) is 4.86. The van der Waals surface area contributed by atoms with E-state index < -0.39 is 17.9 Å². The molecule has 0 saturated carbocycles. The molecule has 0 radical (unpaired) electrons. The highest BCUT2D eigenvalue weighted by Gasteiger charge is 2.02. The molecular weight excluding hydrogens is 340 g/mol. The van der Waals surface area contributed by atoms with Gasteiger partial charge in [0.1, 0.15) is 0 Å². The highest BCUT2D eigenvalue weighted by Crippen LogP contribution is 2.02. The van der Waals surface area contributed by atoms with Crippen LogP contribution < -0.4 is 0 Å². The van der Waals surface area contributed by atoms with Gasteiger partial charge in [-0.1, -0.05) is 0 Å². The summed E-state index contributed by atoms with van der Waals surface area (Å²) in [5, 5.41) is 17.1. The Bertz CT molecular complexity index is 782. The average molecular weight is 358 g/mol. The highest BCUT2D eigenvalue weighted by atomic mass is 16.5. The molecule has 2 aromatic heterocycles. The molecule has 2 N–H and O–H groups in total. The molecule has 0 atom stereocenters. The Kier molecular flexibility index (Phi) is 8.15. The van der Waals surface area contributed by atoms with Crippen molar-refractivity contribution in [2.24, 2.45) is 0 Å². The first-order valence-electron chi connectivity index (χ1n) is 7.53. The Morgan fingerprint density at radius 3 is 2.00 bits per heavy atom. The lowest BCUT2D eigenvalue weighted by Crippen LogP contribution is -1.99. The van der Waals surface area contributed by atoms with Gasteiger partial charge >= 0.3 is 17.9 Å². The van der Waals surface area contributed by atoms with Gasteiger partial charge in [-0.25, -0.2) is 14.4 Å². The zero-order chi connectivity index (χ0) is 19.5. The molecule has 0 aromatic carbocycles. The van der Waals surface area contributed by atoms with Crippen LogP contribution in [0.3, 0.4) is 0 Å². The molecule has 0 saturated heterocycles. The summed E-state index contributed by atoms with van der Waals surface area (Å²) in [4.78, 5) is 39.4. The lowest BCUT2D eigenvalue weighted by atomic mass is 10.2. The molecule has 0 aliphatic rings. The van der Waals surface area contributed by atoms with Crippen LogP contribution >= 0.6 is 0 Å². The van der Waals surface area contributed by atoms with Crippen molar-refractivity contribution in [3.05, 3.63) is 65.2 Å². The largest absolute Gasteiger partial charge is 0.478 e. The number of nitrogens with zero attached hydrogens (tertiary/aromatic N) is 2. The van der Waals surface area contributed by atoms with Crippen molar-refractivity contribution in [2.75, 3.05) is 6.61 Å². The number of aryl methyl sites for hydroxylation is 1. The van der Waals surface area contributed by atoms with Crippen LogP contribution in [0.1, 0.15) is 39.0 Å². The zero-order valence-corrected chi connectivity index (χ0v) is 14.2. The predicted molar refractivity (Wildman–Crippen MR) is 92.8 cm³/mol. The van der Waals surface area contributed by atoms with Crippen LogP contribution in [0.5, 0.6) is 0 Å². The van der Waals surface area contributed by atoms with Crippen molar-refractivity contribution in [1.82, 2.24) is 9.97 Å². The van der Waals surface area contributed by atoms with Crippen molar-refractivity contribution >= 4 is 24.0 Å². The van der Waals surface area contributed by atoms with Crippen molar-refractivity contribution in [1.29, 1.82) is 0 Å². The van der Waals surface area contributed by atoms with Gasteiger partial charge in [0.2, 0.25) is 0 Å². The second kappa shape index (κ2) is 10.3. The standard InChI is InChI=1S/C11H11NO4.C7H7NO2/c1-2-16-10(13)6-5-9-4-3-8(7-12-9)11(14)15;1-5-2-3-6(4-8-5)7(9)10/h3-7H,2H2,1H3,(H,14,15);2-4H,1H3,(H,9,10)/b6-5+;. The molecular formula is C18H18N2O6. The maximum absolute atomic E-state index is 11.0. The van der Waals surface area contributed by atoms with E-state index in [1.54, 1.807) is 13.0 Å². The molecule has 0 unspecified atom stereocenters. The zero-order valence-electron chi connectivity index (χ0n) is 14.2. The number of esters is 1. The van der Waals surface area contributed by atoms with E-state index in [4.69, 9.17) is 10.2 Å². The Morgan fingerprint density at radius 1 is 1.00 bits per heavy atom. The van der Waals surface area contributed by atoms with Crippen LogP contribution in [0.15, 0.2) is 42.7 Å². The summed E-state index contributed by atoms with van der Waals surface area (Å²) in [6, 6.07) is 6.13. The molecule has 2 rings (SSSR count). The number of carboxylic acids is 2. The number of aromatic nitrogens is 2. The summed E-state index contributed by atoms with van der Waals surface area (Å²) in [6.45, 7) is 3.84. The molecule has 26 heavy (non-hydrogen) atoms. The van der Waals surface area contributed by atoms with Crippen LogP contribution in [0.4, 0.5) is 0 Å². The Labute approximate surface area is 149 Å². The van der Waals surface area contributed by atoms with Crippen LogP contribution in [0.2, 0.25) is 0 Å². The molecule has 0 aliphatic heterocycles. The highest BCUT2D eigenvalue weighted by molar-refractivity contribution is 5.88. The normalized spacial score (nSPS) is 9.92. The van der Waals surface area contributed by atoms with Crippen LogP contribution in [-0.4, -0.2) is 44.7 Å². The number of pyridine rings is 2. The van der Waals surface area contributed by atoms with Crippen molar-refractivity contribution < 1.29 is 29.3 Å². The van der Waals surface area contributed by atoms with Crippen molar-refractivity contribution in [2.45, 2.75) is 13.8 Å². The molecule has 0 amide bonds. The third kappa shape index (κ3) is 7.35. The summed E-state index contributed by atoms with van der Waals surface area (Å²) in [5.74, 6) is -2.42. The number of carbonyl (C=O) groups excluding carboxylic acids is 1. The number of rotatable bonds is 5. The molecule has 0 bridgehead atoms. The first kappa shape index (κ1) is 20.5. The molecule has 8 heteroatoms. The van der Waals surface area contributed by atoms with Gasteiger partial charge < -0.3 is 14.9 Å². The van der Waals surface area contributed by atoms with Crippen LogP contribution in [-0.2, 0) is 9.53 Å². The van der Waals surface area contributed by atoms with Gasteiger partial charge in [-0.05, 0) is 44.2 Å². The van der Waals surface area contributed by atoms with Crippen LogP contribution in [0.25, 0.3) is 6.08 Å². The maximum atomic E-state index is 11.0. The summed E-state index contributed by atoms with van der Waals surface area (Å²) in [6.07, 6.45) is 5.28. The van der Waals surface area contributed by atoms with E-state index in [1.807, 2.05) is 6.92 Å². The van der Waals surface area contributed by atoms with Crippen molar-refractivity contribution in [3.63, 3.8) is 0 Å². The van der Waals surface area contributed by atoms with E-state index in [1.165, 1.54) is 42.7 Å². The summed E-state index contributed by atoms with van der Waals surface area (Å²) < 4.78 is 4.68. The van der Waals surface area contributed by atoms with Gasteiger partial charge in [-0.15, -0.1) is 0 Å². The molecule has 136 valence electrons. The Morgan fingerprint density at radius 2 is 1.58 bits per heavy atom. The summed E-state index contributed by atoms with van der Waals surface area (Å²) in [5.41, 5.74) is 1.65. The fraction of sp³-hybridized carbons (Fsp3) is 0.167. The number of hydrogen-bond donors (Lipinski definition) is 2. The molecule has 2 heterocycles. The minimum Gasteiger partial charge on any atom is -0.478 e.